The minimum Gasteiger partial charge on any atom is -0.497 e. The SMILES string of the molecule is COc1ccc(F)c(-c2ccc(C3CCc4ccc([C@H](C5CC5)[C@H](C)C(=O)O)cc4O3)cn2)c1. The number of nitrogens with zero attached hydrogens (tertiary/aromatic N) is 1. The molecule has 3 atom stereocenters. The third-order valence-electron chi connectivity index (χ3n) is 7.09. The van der Waals surface area contributed by atoms with Crippen LogP contribution in [0.5, 0.6) is 11.5 Å². The number of carbonyl (C=O) groups is 1. The summed E-state index contributed by atoms with van der Waals surface area (Å²) in [6.45, 7) is 1.80. The van der Waals surface area contributed by atoms with Gasteiger partial charge in [-0.25, -0.2) is 4.39 Å². The minimum absolute atomic E-state index is 0.00508. The zero-order valence-electron chi connectivity index (χ0n) is 19.3. The summed E-state index contributed by atoms with van der Waals surface area (Å²) in [5.41, 5.74) is 4.04. The summed E-state index contributed by atoms with van der Waals surface area (Å²) >= 11 is 0. The van der Waals surface area contributed by atoms with Crippen molar-refractivity contribution in [2.75, 3.05) is 7.11 Å². The first kappa shape index (κ1) is 22.4. The summed E-state index contributed by atoms with van der Waals surface area (Å²) < 4.78 is 25.9. The predicted octanol–water partition coefficient (Wildman–Crippen LogP) is 6.18. The Balaban J connectivity index is 1.37. The molecule has 0 bridgehead atoms. The number of halogens is 1. The lowest BCUT2D eigenvalue weighted by atomic mass is 9.82. The summed E-state index contributed by atoms with van der Waals surface area (Å²) in [6.07, 6.45) is 5.43. The van der Waals surface area contributed by atoms with Gasteiger partial charge >= 0.3 is 5.97 Å². The largest absolute Gasteiger partial charge is 0.497 e. The Morgan fingerprint density at radius 2 is 1.97 bits per heavy atom. The van der Waals surface area contributed by atoms with E-state index in [1.54, 1.807) is 38.4 Å². The first-order valence-electron chi connectivity index (χ1n) is 11.8. The van der Waals surface area contributed by atoms with Gasteiger partial charge in [-0.3, -0.25) is 9.78 Å². The fourth-order valence-corrected chi connectivity index (χ4v) is 4.99. The molecule has 0 saturated heterocycles. The molecule has 1 fully saturated rings. The van der Waals surface area contributed by atoms with Crippen LogP contribution in [-0.4, -0.2) is 23.2 Å². The van der Waals surface area contributed by atoms with Crippen molar-refractivity contribution in [2.45, 2.75) is 44.6 Å². The van der Waals surface area contributed by atoms with Crippen LogP contribution in [0.3, 0.4) is 0 Å². The van der Waals surface area contributed by atoms with Gasteiger partial charge in [-0.05, 0) is 79.0 Å². The van der Waals surface area contributed by atoms with E-state index in [0.717, 1.165) is 48.1 Å². The molecule has 176 valence electrons. The van der Waals surface area contributed by atoms with E-state index in [9.17, 15) is 14.3 Å². The van der Waals surface area contributed by atoms with E-state index < -0.39 is 11.9 Å². The predicted molar refractivity (Wildman–Crippen MR) is 127 cm³/mol. The molecule has 2 aliphatic rings. The Morgan fingerprint density at radius 1 is 1.15 bits per heavy atom. The molecule has 0 radical (unpaired) electrons. The van der Waals surface area contributed by atoms with Gasteiger partial charge in [-0.1, -0.05) is 25.1 Å². The van der Waals surface area contributed by atoms with Crippen LogP contribution in [0.25, 0.3) is 11.3 Å². The minimum atomic E-state index is -0.757. The zero-order valence-corrected chi connectivity index (χ0v) is 19.3. The molecule has 1 aliphatic heterocycles. The maximum Gasteiger partial charge on any atom is 0.306 e. The number of hydrogen-bond acceptors (Lipinski definition) is 4. The quantitative estimate of drug-likeness (QED) is 0.455. The highest BCUT2D eigenvalue weighted by molar-refractivity contribution is 5.71. The molecular formula is C28H28FNO4. The zero-order chi connectivity index (χ0) is 23.8. The lowest BCUT2D eigenvalue weighted by Crippen LogP contribution is -2.21. The van der Waals surface area contributed by atoms with Crippen molar-refractivity contribution in [1.29, 1.82) is 0 Å². The Labute approximate surface area is 198 Å². The van der Waals surface area contributed by atoms with Gasteiger partial charge < -0.3 is 14.6 Å². The summed E-state index contributed by atoms with van der Waals surface area (Å²) in [7, 11) is 1.55. The average molecular weight is 462 g/mol. The van der Waals surface area contributed by atoms with Crippen LogP contribution in [0.15, 0.2) is 54.7 Å². The number of ether oxygens (including phenoxy) is 2. The van der Waals surface area contributed by atoms with Crippen molar-refractivity contribution in [2.24, 2.45) is 11.8 Å². The monoisotopic (exact) mass is 461 g/mol. The van der Waals surface area contributed by atoms with Crippen molar-refractivity contribution in [3.63, 3.8) is 0 Å². The van der Waals surface area contributed by atoms with Gasteiger partial charge in [0.05, 0.1) is 18.7 Å². The molecule has 3 aromatic rings. The average Bonchev–Trinajstić information content (AvgIpc) is 3.69. The van der Waals surface area contributed by atoms with E-state index in [2.05, 4.69) is 17.1 Å². The molecule has 0 spiro atoms. The lowest BCUT2D eigenvalue weighted by Gasteiger charge is -2.28. The number of aromatic nitrogens is 1. The van der Waals surface area contributed by atoms with E-state index in [1.807, 2.05) is 12.1 Å². The van der Waals surface area contributed by atoms with Gasteiger partial charge in [0, 0.05) is 17.3 Å². The molecule has 1 aliphatic carbocycles. The van der Waals surface area contributed by atoms with Crippen molar-refractivity contribution < 1.29 is 23.8 Å². The van der Waals surface area contributed by atoms with Crippen LogP contribution in [0.4, 0.5) is 4.39 Å². The molecule has 2 aromatic carbocycles. The number of hydrogen-bond donors (Lipinski definition) is 1. The molecule has 6 heteroatoms. The van der Waals surface area contributed by atoms with E-state index in [-0.39, 0.29) is 17.8 Å². The molecule has 1 aromatic heterocycles. The molecule has 0 amide bonds. The van der Waals surface area contributed by atoms with Crippen molar-refractivity contribution in [3.8, 4) is 22.8 Å². The highest BCUT2D eigenvalue weighted by atomic mass is 19.1. The van der Waals surface area contributed by atoms with Crippen LogP contribution in [0.1, 0.15) is 54.9 Å². The number of rotatable bonds is 7. The molecule has 2 heterocycles. The number of benzene rings is 2. The third kappa shape index (κ3) is 4.37. The topological polar surface area (TPSA) is 68.7 Å². The van der Waals surface area contributed by atoms with E-state index >= 15 is 0 Å². The normalized spacial score (nSPS) is 19.0. The van der Waals surface area contributed by atoms with Crippen molar-refractivity contribution in [1.82, 2.24) is 4.98 Å². The fourth-order valence-electron chi connectivity index (χ4n) is 4.99. The second-order valence-electron chi connectivity index (χ2n) is 9.33. The second-order valence-corrected chi connectivity index (χ2v) is 9.33. The third-order valence-corrected chi connectivity index (χ3v) is 7.09. The molecule has 5 rings (SSSR count). The smallest absolute Gasteiger partial charge is 0.306 e. The second kappa shape index (κ2) is 9.09. The maximum absolute atomic E-state index is 14.3. The Hall–Kier alpha value is -3.41. The number of aryl methyl sites for hydroxylation is 1. The van der Waals surface area contributed by atoms with Gasteiger partial charge in [0.1, 0.15) is 23.4 Å². The number of carboxylic acids is 1. The van der Waals surface area contributed by atoms with Crippen molar-refractivity contribution in [3.05, 3.63) is 77.2 Å². The Morgan fingerprint density at radius 3 is 2.65 bits per heavy atom. The van der Waals surface area contributed by atoms with Gasteiger partial charge in [0.25, 0.3) is 0 Å². The summed E-state index contributed by atoms with van der Waals surface area (Å²) in [6, 6.07) is 14.5. The van der Waals surface area contributed by atoms with Gasteiger partial charge in [-0.15, -0.1) is 0 Å². The highest BCUT2D eigenvalue weighted by Crippen LogP contribution is 2.48. The molecule has 5 nitrogen and oxygen atoms in total. The van der Waals surface area contributed by atoms with Crippen LogP contribution >= 0.6 is 0 Å². The standard InChI is InChI=1S/C28H28FNO4/c1-16(28(31)32)27(18-4-5-18)19-6-3-17-8-12-25(34-26(17)13-19)20-7-11-24(30-15-20)22-14-21(33-2)9-10-23(22)29/h3,6-7,9-11,13-16,18,25,27H,4-5,8,12H2,1-2H3,(H,31,32)/t16-,25?,27-/m0/s1. The lowest BCUT2D eigenvalue weighted by molar-refractivity contribution is -0.142. The number of aliphatic carboxylic acids is 1. The fraction of sp³-hybridized carbons (Fsp3) is 0.357. The van der Waals surface area contributed by atoms with Crippen LogP contribution in [-0.2, 0) is 11.2 Å². The molecular weight excluding hydrogens is 433 g/mol. The number of fused-ring (bicyclic) bond motifs is 1. The molecule has 1 saturated carbocycles. The van der Waals surface area contributed by atoms with E-state index in [1.165, 1.54) is 6.07 Å². The van der Waals surface area contributed by atoms with Crippen LogP contribution < -0.4 is 9.47 Å². The first-order valence-corrected chi connectivity index (χ1v) is 11.8. The summed E-state index contributed by atoms with van der Waals surface area (Å²) in [5, 5.41) is 9.60. The number of carboxylic acid groups (broad SMARTS) is 1. The summed E-state index contributed by atoms with van der Waals surface area (Å²) in [5.74, 6) is 0.290. The summed E-state index contributed by atoms with van der Waals surface area (Å²) in [4.78, 5) is 16.2. The van der Waals surface area contributed by atoms with Gasteiger partial charge in [0.15, 0.2) is 0 Å². The highest BCUT2D eigenvalue weighted by Gasteiger charge is 2.39. The number of methoxy groups -OCH3 is 1. The van der Waals surface area contributed by atoms with Crippen LogP contribution in [0, 0.1) is 17.7 Å². The Kier molecular flexibility index (Phi) is 5.98. The van der Waals surface area contributed by atoms with Crippen molar-refractivity contribution >= 4 is 5.97 Å². The first-order chi connectivity index (χ1) is 16.4. The van der Waals surface area contributed by atoms with E-state index in [4.69, 9.17) is 9.47 Å². The number of pyridine rings is 1. The van der Waals surface area contributed by atoms with Crippen LogP contribution in [0.2, 0.25) is 0 Å². The van der Waals surface area contributed by atoms with Gasteiger partial charge in [0.2, 0.25) is 0 Å². The Bertz CT molecular complexity index is 1210. The molecule has 1 N–H and O–H groups in total. The van der Waals surface area contributed by atoms with Gasteiger partial charge in [-0.2, -0.15) is 0 Å². The molecule has 1 unspecified atom stereocenters. The maximum atomic E-state index is 14.3. The van der Waals surface area contributed by atoms with E-state index in [0.29, 0.717) is 22.9 Å². The molecule has 34 heavy (non-hydrogen) atoms.